The molecule has 0 aromatic carbocycles. The number of H-pyrrole nitrogens is 1. The molecule has 2 aromatic rings. The Morgan fingerprint density at radius 2 is 1.97 bits per heavy atom. The van der Waals surface area contributed by atoms with Crippen LogP contribution in [0.3, 0.4) is 0 Å². The number of carboxylic acids is 2. The summed E-state index contributed by atoms with van der Waals surface area (Å²) in [7, 11) is 5.41. The summed E-state index contributed by atoms with van der Waals surface area (Å²) in [6.45, 7) is 0.399. The molecule has 0 saturated carbocycles. The Kier molecular flexibility index (Phi) is 4.80. The standard InChI is InChI=1S/C23H25N5O6/c1-28(2,3)15(23(33)34)7-12-9-26(10-25-12)13-4-5-27-14(22(31)32)6-11-8-24-18-16(11)19(27)17(13)20(29)21(18)30/h8-10,13-15H,4-7H2,1-3H3,(H2-,24,29,30,31,32,33,34)/p+1/t13-,14-,15-/m0/s1. The molecule has 0 amide bonds. The summed E-state index contributed by atoms with van der Waals surface area (Å²) in [6, 6.07) is -2.02. The van der Waals surface area contributed by atoms with E-state index in [-0.39, 0.29) is 28.6 Å². The molecule has 178 valence electrons. The van der Waals surface area contributed by atoms with Crippen molar-refractivity contribution >= 4 is 29.2 Å². The van der Waals surface area contributed by atoms with Crippen LogP contribution in [0.5, 0.6) is 0 Å². The van der Waals surface area contributed by atoms with E-state index >= 15 is 0 Å². The van der Waals surface area contributed by atoms with Crippen LogP contribution in [0, 0.1) is 0 Å². The SMILES string of the molecule is C[N+](C)(C)[C@@H](Cc1cn([C@H]2CCN3C4=C2C(=O)C(=O)c2[nH]cc(c24)C[C@H]3C(=O)O)cn1)C(=O)O. The number of aromatic nitrogens is 3. The molecule has 0 saturated heterocycles. The maximum Gasteiger partial charge on any atom is 0.362 e. The van der Waals surface area contributed by atoms with Gasteiger partial charge in [0.2, 0.25) is 11.6 Å². The third-order valence-corrected chi connectivity index (χ3v) is 7.11. The first-order valence-corrected chi connectivity index (χ1v) is 11.1. The first-order chi connectivity index (χ1) is 16.0. The van der Waals surface area contributed by atoms with Gasteiger partial charge in [-0.1, -0.05) is 0 Å². The smallest absolute Gasteiger partial charge is 0.362 e. The second-order valence-corrected chi connectivity index (χ2v) is 10.0. The number of imidazole rings is 1. The molecule has 34 heavy (non-hydrogen) atoms. The Hall–Kier alpha value is -3.73. The van der Waals surface area contributed by atoms with E-state index in [1.54, 1.807) is 49.3 Å². The molecule has 1 aliphatic carbocycles. The Morgan fingerprint density at radius 3 is 2.62 bits per heavy atom. The first kappa shape index (κ1) is 22.1. The fourth-order valence-corrected chi connectivity index (χ4v) is 5.37. The van der Waals surface area contributed by atoms with E-state index < -0.39 is 41.6 Å². The van der Waals surface area contributed by atoms with Crippen molar-refractivity contribution in [1.29, 1.82) is 0 Å². The van der Waals surface area contributed by atoms with Gasteiger partial charge >= 0.3 is 11.9 Å². The van der Waals surface area contributed by atoms with Gasteiger partial charge in [-0.3, -0.25) is 9.59 Å². The number of carboxylic acid groups (broad SMARTS) is 2. The highest BCUT2D eigenvalue weighted by molar-refractivity contribution is 6.52. The van der Waals surface area contributed by atoms with Gasteiger partial charge in [0.25, 0.3) is 0 Å². The number of carbonyl (C=O) groups excluding carboxylic acids is 2. The van der Waals surface area contributed by atoms with Gasteiger partial charge in [0.15, 0.2) is 6.04 Å². The highest BCUT2D eigenvalue weighted by atomic mass is 16.4. The van der Waals surface area contributed by atoms with Gasteiger partial charge in [-0.25, -0.2) is 14.6 Å². The highest BCUT2D eigenvalue weighted by Gasteiger charge is 2.49. The van der Waals surface area contributed by atoms with Crippen LogP contribution in [0.4, 0.5) is 0 Å². The lowest BCUT2D eigenvalue weighted by Gasteiger charge is -2.44. The van der Waals surface area contributed by atoms with Gasteiger partial charge in [0.1, 0.15) is 11.7 Å². The summed E-state index contributed by atoms with van der Waals surface area (Å²) >= 11 is 0. The number of quaternary nitrogens is 1. The normalized spacial score (nSPS) is 22.6. The Morgan fingerprint density at radius 1 is 1.24 bits per heavy atom. The Bertz CT molecular complexity index is 1280. The molecule has 0 radical (unpaired) electrons. The molecule has 0 spiro atoms. The maximum atomic E-state index is 13.3. The van der Waals surface area contributed by atoms with Crippen molar-refractivity contribution in [2.24, 2.45) is 0 Å². The summed E-state index contributed by atoms with van der Waals surface area (Å²) in [5.74, 6) is -3.19. The largest absolute Gasteiger partial charge is 0.480 e. The Labute approximate surface area is 194 Å². The molecule has 2 aromatic heterocycles. The molecule has 0 fully saturated rings. The zero-order valence-corrected chi connectivity index (χ0v) is 19.1. The van der Waals surface area contributed by atoms with Gasteiger partial charge in [0, 0.05) is 30.9 Å². The van der Waals surface area contributed by atoms with Gasteiger partial charge in [-0.05, 0) is 12.0 Å². The number of nitrogens with one attached hydrogen (secondary N) is 1. The molecule has 3 N–H and O–H groups in total. The van der Waals surface area contributed by atoms with E-state index in [1.807, 2.05) is 0 Å². The molecule has 11 heteroatoms. The number of likely N-dealkylation sites (N-methyl/N-ethyl adjacent to an activating group) is 1. The van der Waals surface area contributed by atoms with Crippen LogP contribution in [0.15, 0.2) is 24.3 Å². The topological polar surface area (TPSA) is 146 Å². The average molecular weight is 468 g/mol. The molecular weight excluding hydrogens is 442 g/mol. The van der Waals surface area contributed by atoms with Crippen LogP contribution in [0.25, 0.3) is 5.70 Å². The van der Waals surface area contributed by atoms with Crippen molar-refractivity contribution in [1.82, 2.24) is 19.4 Å². The van der Waals surface area contributed by atoms with E-state index in [4.69, 9.17) is 0 Å². The highest BCUT2D eigenvalue weighted by Crippen LogP contribution is 2.47. The molecule has 0 bridgehead atoms. The minimum Gasteiger partial charge on any atom is -0.480 e. The number of aliphatic carboxylic acids is 2. The van der Waals surface area contributed by atoms with E-state index in [2.05, 4.69) is 9.97 Å². The lowest BCUT2D eigenvalue weighted by Crippen LogP contribution is -2.51. The predicted molar refractivity (Wildman–Crippen MR) is 118 cm³/mol. The number of hydrogen-bond donors (Lipinski definition) is 3. The minimum atomic E-state index is -0.979. The number of Topliss-reactive ketones (excluding diaryl/α,β-unsaturated/α-hetero) is 2. The Balaban J connectivity index is 1.58. The van der Waals surface area contributed by atoms with Gasteiger partial charge in [0.05, 0.1) is 56.9 Å². The third kappa shape index (κ3) is 3.18. The molecule has 5 rings (SSSR count). The third-order valence-electron chi connectivity index (χ3n) is 7.11. The van der Waals surface area contributed by atoms with Crippen LogP contribution in [-0.2, 0) is 27.2 Å². The molecule has 11 nitrogen and oxygen atoms in total. The molecule has 3 atom stereocenters. The van der Waals surface area contributed by atoms with Gasteiger partial charge in [-0.2, -0.15) is 0 Å². The number of ketones is 2. The van der Waals surface area contributed by atoms with E-state index in [1.165, 1.54) is 0 Å². The second kappa shape index (κ2) is 7.39. The van der Waals surface area contributed by atoms with Crippen LogP contribution in [0.2, 0.25) is 0 Å². The van der Waals surface area contributed by atoms with Crippen molar-refractivity contribution in [3.63, 3.8) is 0 Å². The molecule has 4 heterocycles. The zero-order chi connectivity index (χ0) is 24.5. The first-order valence-electron chi connectivity index (χ1n) is 11.1. The van der Waals surface area contributed by atoms with Crippen LogP contribution in [-0.4, -0.2) is 97.4 Å². The van der Waals surface area contributed by atoms with Gasteiger partial charge in [-0.15, -0.1) is 0 Å². The minimum absolute atomic E-state index is 0.205. The summed E-state index contributed by atoms with van der Waals surface area (Å²) in [4.78, 5) is 58.9. The quantitative estimate of drug-likeness (QED) is 0.407. The van der Waals surface area contributed by atoms with Crippen molar-refractivity contribution in [2.45, 2.75) is 37.4 Å². The average Bonchev–Trinajstić information content (AvgIpc) is 3.40. The molecular formula is C23H26N5O6+. The van der Waals surface area contributed by atoms with Crippen molar-refractivity contribution in [3.8, 4) is 0 Å². The molecule has 2 aliphatic heterocycles. The number of rotatable bonds is 6. The van der Waals surface area contributed by atoms with Crippen LogP contribution < -0.4 is 0 Å². The van der Waals surface area contributed by atoms with E-state index in [0.29, 0.717) is 35.5 Å². The summed E-state index contributed by atoms with van der Waals surface area (Å²) in [6.07, 6.45) is 5.78. The predicted octanol–water partition coefficient (Wildman–Crippen LogP) is 0.346. The van der Waals surface area contributed by atoms with Crippen molar-refractivity contribution < 1.29 is 33.9 Å². The summed E-state index contributed by atoms with van der Waals surface area (Å²) in [5, 5.41) is 19.5. The number of carbonyl (C=O) groups is 4. The second-order valence-electron chi connectivity index (χ2n) is 10.0. The summed E-state index contributed by atoms with van der Waals surface area (Å²) in [5.41, 5.74) is 2.91. The van der Waals surface area contributed by atoms with E-state index in [0.717, 1.165) is 0 Å². The zero-order valence-electron chi connectivity index (χ0n) is 19.1. The van der Waals surface area contributed by atoms with Gasteiger partial charge < -0.3 is 29.1 Å². The summed E-state index contributed by atoms with van der Waals surface area (Å²) < 4.78 is 1.97. The van der Waals surface area contributed by atoms with Crippen LogP contribution in [0.1, 0.15) is 39.8 Å². The van der Waals surface area contributed by atoms with E-state index in [9.17, 15) is 29.4 Å². The number of aromatic amines is 1. The monoisotopic (exact) mass is 468 g/mol. The van der Waals surface area contributed by atoms with Crippen LogP contribution >= 0.6 is 0 Å². The maximum absolute atomic E-state index is 13.3. The van der Waals surface area contributed by atoms with Crippen molar-refractivity contribution in [3.05, 3.63) is 46.8 Å². The lowest BCUT2D eigenvalue weighted by atomic mass is 9.78. The lowest BCUT2D eigenvalue weighted by molar-refractivity contribution is -0.887. The number of allylic oxidation sites excluding steroid dienone is 1. The van der Waals surface area contributed by atoms with Crippen molar-refractivity contribution in [2.75, 3.05) is 27.7 Å². The number of hydrogen-bond acceptors (Lipinski definition) is 6. The fraction of sp³-hybridized carbons (Fsp3) is 0.435. The number of nitrogens with zero attached hydrogens (tertiary/aromatic N) is 4. The molecule has 0 unspecified atom stereocenters. The molecule has 3 aliphatic rings. The fourth-order valence-electron chi connectivity index (χ4n) is 5.37.